The van der Waals surface area contributed by atoms with Crippen molar-refractivity contribution in [2.45, 2.75) is 20.3 Å². The zero-order valence-corrected chi connectivity index (χ0v) is 7.70. The summed E-state index contributed by atoms with van der Waals surface area (Å²) in [7, 11) is 0. The topological polar surface area (TPSA) is 54.0 Å². The molecule has 1 aromatic rings. The Kier molecular flexibility index (Phi) is 2.86. The number of rotatable bonds is 3. The highest BCUT2D eigenvalue weighted by Crippen LogP contribution is 2.12. The molecule has 0 aliphatic carbocycles. The second-order valence-electron chi connectivity index (χ2n) is 2.83. The molecule has 0 radical (unpaired) electrons. The summed E-state index contributed by atoms with van der Waals surface area (Å²) in [6.45, 7) is 3.51. The molecule has 1 aromatic heterocycles. The van der Waals surface area contributed by atoms with Gasteiger partial charge in [0.1, 0.15) is 11.7 Å². The van der Waals surface area contributed by atoms with Crippen LogP contribution in [-0.4, -0.2) is 5.78 Å². The maximum Gasteiger partial charge on any atom is 0.214 e. The molecule has 0 fully saturated rings. The molecule has 0 spiro atoms. The first-order valence-electron chi connectivity index (χ1n) is 4.21. The smallest absolute Gasteiger partial charge is 0.214 e. The number of hydrogen-bond donors (Lipinski definition) is 0. The van der Waals surface area contributed by atoms with E-state index in [1.165, 1.54) is 0 Å². The van der Waals surface area contributed by atoms with Gasteiger partial charge in [-0.25, -0.2) is 0 Å². The highest BCUT2D eigenvalue weighted by molar-refractivity contribution is 5.96. The molecule has 68 valence electrons. The largest absolute Gasteiger partial charge is 0.458 e. The van der Waals surface area contributed by atoms with Crippen molar-refractivity contribution < 1.29 is 9.21 Å². The maximum absolute atomic E-state index is 11.4. The fourth-order valence-electron chi connectivity index (χ4n) is 0.972. The second-order valence-corrected chi connectivity index (χ2v) is 2.83. The van der Waals surface area contributed by atoms with E-state index in [2.05, 4.69) is 0 Å². The maximum atomic E-state index is 11.4. The molecule has 0 saturated carbocycles. The lowest BCUT2D eigenvalue weighted by molar-refractivity contribution is 0.0927. The van der Waals surface area contributed by atoms with Gasteiger partial charge in [-0.3, -0.25) is 4.79 Å². The minimum Gasteiger partial charge on any atom is -0.458 e. The third-order valence-corrected chi connectivity index (χ3v) is 1.84. The molecule has 13 heavy (non-hydrogen) atoms. The van der Waals surface area contributed by atoms with E-state index in [9.17, 15) is 4.79 Å². The van der Waals surface area contributed by atoms with E-state index in [1.807, 2.05) is 13.0 Å². The summed E-state index contributed by atoms with van der Waals surface area (Å²) in [5, 5.41) is 8.52. The minimum atomic E-state index is -0.629. The van der Waals surface area contributed by atoms with Gasteiger partial charge in [-0.05, 0) is 19.1 Å². The highest BCUT2D eigenvalue weighted by Gasteiger charge is 2.17. The van der Waals surface area contributed by atoms with Crippen LogP contribution in [0.25, 0.3) is 0 Å². The van der Waals surface area contributed by atoms with Crippen molar-refractivity contribution in [1.29, 1.82) is 5.26 Å². The van der Waals surface area contributed by atoms with Gasteiger partial charge in [0.2, 0.25) is 5.78 Å². The molecular formula is C10H11NO2. The van der Waals surface area contributed by atoms with E-state index in [0.717, 1.165) is 12.2 Å². The van der Waals surface area contributed by atoms with Crippen molar-refractivity contribution in [2.75, 3.05) is 0 Å². The average molecular weight is 177 g/mol. The van der Waals surface area contributed by atoms with E-state index in [4.69, 9.17) is 9.68 Å². The van der Waals surface area contributed by atoms with Gasteiger partial charge in [0.05, 0.1) is 6.07 Å². The van der Waals surface area contributed by atoms with Crippen LogP contribution in [-0.2, 0) is 6.42 Å². The van der Waals surface area contributed by atoms with Crippen LogP contribution < -0.4 is 0 Å². The Morgan fingerprint density at radius 3 is 2.85 bits per heavy atom. The van der Waals surface area contributed by atoms with Crippen molar-refractivity contribution in [1.82, 2.24) is 0 Å². The molecule has 0 bridgehead atoms. The Hall–Kier alpha value is -1.56. The van der Waals surface area contributed by atoms with E-state index in [-0.39, 0.29) is 11.5 Å². The van der Waals surface area contributed by atoms with Crippen LogP contribution in [0.4, 0.5) is 0 Å². The number of furan rings is 1. The summed E-state index contributed by atoms with van der Waals surface area (Å²) in [6, 6.07) is 5.26. The van der Waals surface area contributed by atoms with Crippen molar-refractivity contribution in [3.63, 3.8) is 0 Å². The molecule has 0 aliphatic heterocycles. The Morgan fingerprint density at radius 2 is 2.38 bits per heavy atom. The summed E-state index contributed by atoms with van der Waals surface area (Å²) in [6.07, 6.45) is 0.758. The molecule has 3 nitrogen and oxygen atoms in total. The first-order chi connectivity index (χ1) is 6.19. The monoisotopic (exact) mass is 177 g/mol. The van der Waals surface area contributed by atoms with Crippen LogP contribution in [0.15, 0.2) is 16.5 Å². The van der Waals surface area contributed by atoms with Crippen LogP contribution in [0.2, 0.25) is 0 Å². The molecule has 1 atom stereocenters. The molecule has 0 aliphatic rings. The summed E-state index contributed by atoms with van der Waals surface area (Å²) in [5.41, 5.74) is 0. The standard InChI is InChI=1S/C10H11NO2/c1-3-8-4-5-9(13-8)10(12)7(2)6-11/h4-5,7H,3H2,1-2H3. The van der Waals surface area contributed by atoms with E-state index in [0.29, 0.717) is 0 Å². The number of carbonyl (C=O) groups excluding carboxylic acids is 1. The molecule has 3 heteroatoms. The van der Waals surface area contributed by atoms with Gasteiger partial charge in [-0.15, -0.1) is 0 Å². The Balaban J connectivity index is 2.84. The molecule has 1 unspecified atom stereocenters. The summed E-state index contributed by atoms with van der Waals surface area (Å²) >= 11 is 0. The Morgan fingerprint density at radius 1 is 1.69 bits per heavy atom. The van der Waals surface area contributed by atoms with Crippen LogP contribution >= 0.6 is 0 Å². The van der Waals surface area contributed by atoms with Gasteiger partial charge in [0, 0.05) is 6.42 Å². The number of aryl methyl sites for hydroxylation is 1. The first-order valence-corrected chi connectivity index (χ1v) is 4.21. The minimum absolute atomic E-state index is 0.248. The number of hydrogen-bond acceptors (Lipinski definition) is 3. The Bertz CT molecular complexity index is 346. The normalized spacial score (nSPS) is 12.1. The lowest BCUT2D eigenvalue weighted by atomic mass is 10.1. The van der Waals surface area contributed by atoms with Crippen LogP contribution in [0.3, 0.4) is 0 Å². The van der Waals surface area contributed by atoms with E-state index < -0.39 is 5.92 Å². The van der Waals surface area contributed by atoms with Gasteiger partial charge < -0.3 is 4.42 Å². The summed E-state index contributed by atoms with van der Waals surface area (Å²) in [4.78, 5) is 11.4. The number of carbonyl (C=O) groups is 1. The van der Waals surface area contributed by atoms with E-state index in [1.54, 1.807) is 19.1 Å². The van der Waals surface area contributed by atoms with Crippen molar-refractivity contribution >= 4 is 5.78 Å². The summed E-state index contributed by atoms with van der Waals surface area (Å²) < 4.78 is 5.22. The van der Waals surface area contributed by atoms with Gasteiger partial charge in [0.25, 0.3) is 0 Å². The van der Waals surface area contributed by atoms with Gasteiger partial charge in [0.15, 0.2) is 5.76 Å². The van der Waals surface area contributed by atoms with Gasteiger partial charge >= 0.3 is 0 Å². The van der Waals surface area contributed by atoms with Crippen molar-refractivity contribution in [3.05, 3.63) is 23.7 Å². The second kappa shape index (κ2) is 3.90. The zero-order chi connectivity index (χ0) is 9.84. The summed E-state index contributed by atoms with van der Waals surface area (Å²) in [5.74, 6) is 0.178. The van der Waals surface area contributed by atoms with Crippen LogP contribution in [0.1, 0.15) is 30.2 Å². The molecule has 0 N–H and O–H groups in total. The molecular weight excluding hydrogens is 166 g/mol. The lowest BCUT2D eigenvalue weighted by Crippen LogP contribution is -2.07. The van der Waals surface area contributed by atoms with E-state index >= 15 is 0 Å². The van der Waals surface area contributed by atoms with Crippen molar-refractivity contribution in [2.24, 2.45) is 5.92 Å². The fraction of sp³-hybridized carbons (Fsp3) is 0.400. The number of ketones is 1. The first kappa shape index (κ1) is 9.53. The predicted molar refractivity (Wildman–Crippen MR) is 47.2 cm³/mol. The van der Waals surface area contributed by atoms with Gasteiger partial charge in [-0.1, -0.05) is 6.92 Å². The molecule has 1 rings (SSSR count). The number of nitrogens with zero attached hydrogens (tertiary/aromatic N) is 1. The SMILES string of the molecule is CCc1ccc(C(=O)C(C)C#N)o1. The van der Waals surface area contributed by atoms with Gasteiger partial charge in [-0.2, -0.15) is 5.26 Å². The molecule has 0 amide bonds. The highest BCUT2D eigenvalue weighted by atomic mass is 16.3. The number of Topliss-reactive ketones (excluding diaryl/α,β-unsaturated/α-hetero) is 1. The molecule has 0 aromatic carbocycles. The zero-order valence-electron chi connectivity index (χ0n) is 7.70. The molecule has 0 saturated heterocycles. The quantitative estimate of drug-likeness (QED) is 0.665. The predicted octanol–water partition coefficient (Wildman–Crippen LogP) is 2.18. The van der Waals surface area contributed by atoms with Crippen LogP contribution in [0, 0.1) is 17.2 Å². The number of nitriles is 1. The van der Waals surface area contributed by atoms with Crippen molar-refractivity contribution in [3.8, 4) is 6.07 Å². The average Bonchev–Trinajstić information content (AvgIpc) is 2.63. The molecule has 1 heterocycles. The lowest BCUT2D eigenvalue weighted by Gasteiger charge is -1.96. The van der Waals surface area contributed by atoms with Crippen LogP contribution in [0.5, 0.6) is 0 Å². The third-order valence-electron chi connectivity index (χ3n) is 1.84. The fourth-order valence-corrected chi connectivity index (χ4v) is 0.972. The third kappa shape index (κ3) is 1.97. The Labute approximate surface area is 77.0 Å².